The molecular weight excluding hydrogens is 280 g/mol. The number of nitrogens with zero attached hydrogens (tertiary/aromatic N) is 2. The van der Waals surface area contributed by atoms with E-state index in [1.54, 1.807) is 0 Å². The molecule has 0 amide bonds. The third kappa shape index (κ3) is 2.62. The summed E-state index contributed by atoms with van der Waals surface area (Å²) >= 11 is 3.37. The van der Waals surface area contributed by atoms with Gasteiger partial charge in [-0.2, -0.15) is 5.26 Å². The Bertz CT molecular complexity index is 453. The molecule has 2 unspecified atom stereocenters. The summed E-state index contributed by atoms with van der Waals surface area (Å²) in [7, 11) is 0. The molecule has 17 heavy (non-hydrogen) atoms. The van der Waals surface area contributed by atoms with Gasteiger partial charge in [-0.15, -0.1) is 0 Å². The maximum atomic E-state index is 9.59. The highest BCUT2D eigenvalue weighted by Crippen LogP contribution is 2.29. The molecule has 1 N–H and O–H groups in total. The number of hydrogen-bond donors (Lipinski definition) is 1. The number of aliphatic hydroxyl groups excluding tert-OH is 1. The minimum Gasteiger partial charge on any atom is -0.393 e. The molecule has 0 saturated carbocycles. The van der Waals surface area contributed by atoms with Crippen LogP contribution in [0, 0.1) is 17.2 Å². The van der Waals surface area contributed by atoms with E-state index in [-0.39, 0.29) is 6.10 Å². The van der Waals surface area contributed by atoms with Crippen molar-refractivity contribution in [3.8, 4) is 6.07 Å². The molecule has 1 aromatic rings. The van der Waals surface area contributed by atoms with Gasteiger partial charge in [0.2, 0.25) is 0 Å². The zero-order valence-electron chi connectivity index (χ0n) is 9.73. The average molecular weight is 295 g/mol. The molecule has 1 aliphatic heterocycles. The minimum absolute atomic E-state index is 0.277. The molecule has 90 valence electrons. The van der Waals surface area contributed by atoms with Gasteiger partial charge in [0.25, 0.3) is 0 Å². The fourth-order valence-corrected chi connectivity index (χ4v) is 2.63. The molecular formula is C13H15BrN2O. The lowest BCUT2D eigenvalue weighted by molar-refractivity contribution is 0.136. The van der Waals surface area contributed by atoms with Crippen molar-refractivity contribution in [1.29, 1.82) is 5.26 Å². The van der Waals surface area contributed by atoms with Gasteiger partial charge in [-0.1, -0.05) is 15.9 Å². The molecule has 1 aliphatic rings. The van der Waals surface area contributed by atoms with E-state index in [2.05, 4.69) is 26.9 Å². The zero-order valence-corrected chi connectivity index (χ0v) is 11.3. The molecule has 1 aromatic carbocycles. The second kappa shape index (κ2) is 5.07. The first-order valence-electron chi connectivity index (χ1n) is 5.74. The first-order valence-corrected chi connectivity index (χ1v) is 6.54. The van der Waals surface area contributed by atoms with E-state index in [4.69, 9.17) is 5.26 Å². The van der Waals surface area contributed by atoms with E-state index in [1.165, 1.54) is 0 Å². The molecule has 0 spiro atoms. The second-order valence-electron chi connectivity index (χ2n) is 4.51. The highest BCUT2D eigenvalue weighted by molar-refractivity contribution is 9.10. The predicted molar refractivity (Wildman–Crippen MR) is 70.9 cm³/mol. The smallest absolute Gasteiger partial charge is 0.101 e. The number of anilines is 1. The molecule has 1 fully saturated rings. The normalized spacial score (nSPS) is 21.3. The van der Waals surface area contributed by atoms with E-state index < -0.39 is 0 Å². The molecule has 4 heteroatoms. The Hall–Kier alpha value is -1.05. The quantitative estimate of drug-likeness (QED) is 0.912. The van der Waals surface area contributed by atoms with Crippen molar-refractivity contribution in [2.24, 2.45) is 5.92 Å². The predicted octanol–water partition coefficient (Wildman–Crippen LogP) is 2.53. The van der Waals surface area contributed by atoms with Crippen LogP contribution in [0.15, 0.2) is 22.7 Å². The third-order valence-electron chi connectivity index (χ3n) is 3.33. The van der Waals surface area contributed by atoms with Crippen LogP contribution in [0.2, 0.25) is 0 Å². The summed E-state index contributed by atoms with van der Waals surface area (Å²) < 4.78 is 0.920. The first kappa shape index (κ1) is 12.4. The molecule has 0 radical (unpaired) electrons. The first-order chi connectivity index (χ1) is 8.11. The van der Waals surface area contributed by atoms with Gasteiger partial charge in [-0.25, -0.2) is 0 Å². The van der Waals surface area contributed by atoms with Crippen molar-refractivity contribution in [3.63, 3.8) is 0 Å². The molecule has 0 aliphatic carbocycles. The number of benzene rings is 1. The molecule has 3 nitrogen and oxygen atoms in total. The van der Waals surface area contributed by atoms with Crippen LogP contribution in [-0.2, 0) is 0 Å². The van der Waals surface area contributed by atoms with Crippen molar-refractivity contribution < 1.29 is 5.11 Å². The van der Waals surface area contributed by atoms with Crippen LogP contribution >= 0.6 is 15.9 Å². The molecule has 2 atom stereocenters. The van der Waals surface area contributed by atoms with Crippen molar-refractivity contribution in [2.75, 3.05) is 18.0 Å². The second-order valence-corrected chi connectivity index (χ2v) is 5.42. The monoisotopic (exact) mass is 294 g/mol. The van der Waals surface area contributed by atoms with Gasteiger partial charge >= 0.3 is 0 Å². The summed E-state index contributed by atoms with van der Waals surface area (Å²) in [6, 6.07) is 7.98. The van der Waals surface area contributed by atoms with Gasteiger partial charge in [-0.05, 0) is 31.5 Å². The Labute approximate surface area is 110 Å². The fourth-order valence-electron chi connectivity index (χ4n) is 2.27. The van der Waals surface area contributed by atoms with Gasteiger partial charge in [-0.3, -0.25) is 0 Å². The highest BCUT2D eigenvalue weighted by Gasteiger charge is 2.27. The lowest BCUT2D eigenvalue weighted by Gasteiger charge is -2.20. The molecule has 0 aromatic heterocycles. The number of hydrogen-bond acceptors (Lipinski definition) is 3. The Morgan fingerprint density at radius 3 is 2.94 bits per heavy atom. The van der Waals surface area contributed by atoms with Crippen LogP contribution in [-0.4, -0.2) is 24.3 Å². The van der Waals surface area contributed by atoms with Crippen LogP contribution in [0.3, 0.4) is 0 Å². The zero-order chi connectivity index (χ0) is 12.4. The van der Waals surface area contributed by atoms with Gasteiger partial charge in [0.15, 0.2) is 0 Å². The maximum absolute atomic E-state index is 9.59. The van der Waals surface area contributed by atoms with E-state index in [0.717, 1.165) is 29.7 Å². The Morgan fingerprint density at radius 2 is 2.35 bits per heavy atom. The number of rotatable bonds is 2. The van der Waals surface area contributed by atoms with Crippen LogP contribution in [0.25, 0.3) is 0 Å². The number of halogens is 1. The lowest BCUT2D eigenvalue weighted by atomic mass is 10.0. The Kier molecular flexibility index (Phi) is 3.70. The van der Waals surface area contributed by atoms with Crippen LogP contribution in [0.4, 0.5) is 5.69 Å². The summed E-state index contributed by atoms with van der Waals surface area (Å²) in [6.07, 6.45) is 0.708. The average Bonchev–Trinajstić information content (AvgIpc) is 2.78. The van der Waals surface area contributed by atoms with E-state index in [9.17, 15) is 5.11 Å². The summed E-state index contributed by atoms with van der Waals surface area (Å²) in [5.41, 5.74) is 1.66. The summed E-state index contributed by atoms with van der Waals surface area (Å²) in [6.45, 7) is 3.57. The van der Waals surface area contributed by atoms with E-state index in [1.807, 2.05) is 25.1 Å². The van der Waals surface area contributed by atoms with Crippen molar-refractivity contribution in [2.45, 2.75) is 19.4 Å². The molecule has 0 bridgehead atoms. The van der Waals surface area contributed by atoms with Crippen molar-refractivity contribution in [3.05, 3.63) is 28.2 Å². The Balaban J connectivity index is 2.22. The van der Waals surface area contributed by atoms with Crippen LogP contribution < -0.4 is 4.90 Å². The van der Waals surface area contributed by atoms with Gasteiger partial charge in [0.1, 0.15) is 6.07 Å². The molecule has 2 rings (SSSR count). The topological polar surface area (TPSA) is 47.3 Å². The largest absolute Gasteiger partial charge is 0.393 e. The molecule has 1 heterocycles. The third-order valence-corrected chi connectivity index (χ3v) is 3.82. The molecule has 1 saturated heterocycles. The van der Waals surface area contributed by atoms with Gasteiger partial charge < -0.3 is 10.0 Å². The maximum Gasteiger partial charge on any atom is 0.101 e. The van der Waals surface area contributed by atoms with E-state index >= 15 is 0 Å². The summed E-state index contributed by atoms with van der Waals surface area (Å²) in [5.74, 6) is 0.310. The summed E-state index contributed by atoms with van der Waals surface area (Å²) in [5, 5.41) is 18.7. The van der Waals surface area contributed by atoms with E-state index in [0.29, 0.717) is 11.5 Å². The van der Waals surface area contributed by atoms with Crippen LogP contribution in [0.1, 0.15) is 18.9 Å². The standard InChI is InChI=1S/C13H15BrN2O/c1-9(17)10-4-5-16(8-10)13-3-2-12(14)6-11(13)7-15/h2-3,6,9-10,17H,4-5,8H2,1H3. The number of aliphatic hydroxyl groups is 1. The van der Waals surface area contributed by atoms with Gasteiger partial charge in [0, 0.05) is 23.5 Å². The Morgan fingerprint density at radius 1 is 1.59 bits per heavy atom. The number of nitriles is 1. The highest BCUT2D eigenvalue weighted by atomic mass is 79.9. The lowest BCUT2D eigenvalue weighted by Crippen LogP contribution is -2.24. The van der Waals surface area contributed by atoms with Crippen molar-refractivity contribution >= 4 is 21.6 Å². The van der Waals surface area contributed by atoms with Crippen LogP contribution in [0.5, 0.6) is 0 Å². The SMILES string of the molecule is CC(O)C1CCN(c2ccc(Br)cc2C#N)C1. The van der Waals surface area contributed by atoms with Gasteiger partial charge in [0.05, 0.1) is 17.4 Å². The summed E-state index contributed by atoms with van der Waals surface area (Å²) in [4.78, 5) is 2.18. The van der Waals surface area contributed by atoms with Crippen molar-refractivity contribution in [1.82, 2.24) is 0 Å². The fraction of sp³-hybridized carbons (Fsp3) is 0.462. The minimum atomic E-state index is -0.277.